The highest BCUT2D eigenvalue weighted by Gasteiger charge is 2.44. The maximum atomic E-state index is 12.0. The van der Waals surface area contributed by atoms with Crippen LogP contribution in [0.2, 0.25) is 0 Å². The lowest BCUT2D eigenvalue weighted by molar-refractivity contribution is 0.380. The highest BCUT2D eigenvalue weighted by molar-refractivity contribution is 7.89. The minimum Gasteiger partial charge on any atom is -0.384 e. The Kier molecular flexibility index (Phi) is 4.63. The molecule has 1 aromatic rings. The van der Waals surface area contributed by atoms with Crippen LogP contribution in [-0.4, -0.2) is 21.0 Å². The molecule has 0 amide bonds. The third kappa shape index (κ3) is 3.98. The third-order valence-corrected chi connectivity index (χ3v) is 5.99. The van der Waals surface area contributed by atoms with Gasteiger partial charge in [-0.25, -0.2) is 13.1 Å². The molecule has 0 aromatic heterocycles. The Morgan fingerprint density at radius 1 is 1.10 bits per heavy atom. The van der Waals surface area contributed by atoms with E-state index in [0.29, 0.717) is 16.2 Å². The summed E-state index contributed by atoms with van der Waals surface area (Å²) in [6.07, 6.45) is 2.56. The summed E-state index contributed by atoms with van der Waals surface area (Å²) in [5.74, 6) is 0.680. The van der Waals surface area contributed by atoms with Gasteiger partial charge in [0.25, 0.3) is 0 Å². The van der Waals surface area contributed by atoms with E-state index in [1.165, 1.54) is 12.8 Å². The molecule has 5 heteroatoms. The van der Waals surface area contributed by atoms with Crippen molar-refractivity contribution in [2.24, 2.45) is 11.3 Å². The summed E-state index contributed by atoms with van der Waals surface area (Å²) in [6.45, 7) is 9.12. The lowest BCUT2D eigenvalue weighted by Gasteiger charge is -2.20. The zero-order chi connectivity index (χ0) is 15.7. The normalized spacial score (nSPS) is 17.2. The van der Waals surface area contributed by atoms with E-state index in [0.717, 1.165) is 12.2 Å². The number of sulfonamides is 1. The van der Waals surface area contributed by atoms with Gasteiger partial charge in [-0.3, -0.25) is 0 Å². The van der Waals surface area contributed by atoms with Crippen LogP contribution in [-0.2, 0) is 10.0 Å². The number of anilines is 1. The fourth-order valence-electron chi connectivity index (χ4n) is 2.53. The molecule has 1 saturated carbocycles. The van der Waals surface area contributed by atoms with Crippen molar-refractivity contribution in [1.82, 2.24) is 4.72 Å². The maximum absolute atomic E-state index is 12.0. The Labute approximate surface area is 128 Å². The molecule has 0 atom stereocenters. The van der Waals surface area contributed by atoms with E-state index in [4.69, 9.17) is 0 Å². The van der Waals surface area contributed by atoms with E-state index >= 15 is 0 Å². The quantitative estimate of drug-likeness (QED) is 0.813. The van der Waals surface area contributed by atoms with E-state index < -0.39 is 10.0 Å². The Balaban J connectivity index is 1.99. The van der Waals surface area contributed by atoms with E-state index in [-0.39, 0.29) is 6.04 Å². The average Bonchev–Trinajstić information content (AvgIpc) is 3.16. The minimum absolute atomic E-state index is 0.103. The van der Waals surface area contributed by atoms with Crippen molar-refractivity contribution in [2.45, 2.75) is 51.5 Å². The smallest absolute Gasteiger partial charge is 0.240 e. The first kappa shape index (κ1) is 16.3. The molecule has 0 unspecified atom stereocenters. The summed E-state index contributed by atoms with van der Waals surface area (Å²) in [6, 6.07) is 6.88. The summed E-state index contributed by atoms with van der Waals surface area (Å²) in [7, 11) is -3.40. The lowest BCUT2D eigenvalue weighted by atomic mass is 9.92. The second-order valence-corrected chi connectivity index (χ2v) is 8.38. The van der Waals surface area contributed by atoms with Crippen LogP contribution < -0.4 is 10.0 Å². The summed E-state index contributed by atoms with van der Waals surface area (Å²) in [5, 5.41) is 3.43. The van der Waals surface area contributed by atoms with Crippen molar-refractivity contribution < 1.29 is 8.42 Å². The molecule has 1 aliphatic carbocycles. The fourth-order valence-corrected chi connectivity index (χ4v) is 3.78. The Morgan fingerprint density at radius 3 is 2.10 bits per heavy atom. The number of hydrogen-bond donors (Lipinski definition) is 2. The van der Waals surface area contributed by atoms with Gasteiger partial charge in [0.05, 0.1) is 4.90 Å². The molecule has 1 aromatic carbocycles. The van der Waals surface area contributed by atoms with Crippen molar-refractivity contribution in [2.75, 3.05) is 11.9 Å². The molecule has 118 valence electrons. The van der Waals surface area contributed by atoms with Crippen LogP contribution in [0.4, 0.5) is 5.69 Å². The first-order chi connectivity index (χ1) is 9.75. The van der Waals surface area contributed by atoms with Gasteiger partial charge in [-0.2, -0.15) is 0 Å². The van der Waals surface area contributed by atoms with Crippen molar-refractivity contribution >= 4 is 15.7 Å². The van der Waals surface area contributed by atoms with Gasteiger partial charge in [0.2, 0.25) is 10.0 Å². The summed E-state index contributed by atoms with van der Waals surface area (Å²) < 4.78 is 26.7. The van der Waals surface area contributed by atoms with E-state index in [1.54, 1.807) is 12.1 Å². The molecular weight excluding hydrogens is 284 g/mol. The second kappa shape index (κ2) is 5.97. The molecule has 0 radical (unpaired) electrons. The van der Waals surface area contributed by atoms with Crippen molar-refractivity contribution in [3.63, 3.8) is 0 Å². The maximum Gasteiger partial charge on any atom is 0.240 e. The van der Waals surface area contributed by atoms with Crippen LogP contribution in [0.1, 0.15) is 40.5 Å². The molecular formula is C16H26N2O2S. The highest BCUT2D eigenvalue weighted by atomic mass is 32.2. The largest absolute Gasteiger partial charge is 0.384 e. The zero-order valence-electron chi connectivity index (χ0n) is 13.3. The minimum atomic E-state index is -3.40. The molecule has 0 saturated heterocycles. The van der Waals surface area contributed by atoms with E-state index in [2.05, 4.69) is 23.9 Å². The molecule has 0 heterocycles. The van der Waals surface area contributed by atoms with Crippen LogP contribution in [0.25, 0.3) is 0 Å². The van der Waals surface area contributed by atoms with Crippen LogP contribution in [0.15, 0.2) is 29.2 Å². The Hall–Kier alpha value is -1.07. The van der Waals surface area contributed by atoms with E-state index in [1.807, 2.05) is 26.0 Å². The van der Waals surface area contributed by atoms with Crippen LogP contribution in [0, 0.1) is 11.3 Å². The lowest BCUT2D eigenvalue weighted by Crippen LogP contribution is -2.30. The van der Waals surface area contributed by atoms with Gasteiger partial charge < -0.3 is 5.32 Å². The van der Waals surface area contributed by atoms with Crippen LogP contribution in [0.5, 0.6) is 0 Å². The SMILES string of the molecule is CC(C)NS(=O)(=O)c1ccc(NCC2(C(C)C)CC2)cc1. The molecule has 1 fully saturated rings. The monoisotopic (exact) mass is 310 g/mol. The van der Waals surface area contributed by atoms with Crippen LogP contribution >= 0.6 is 0 Å². The molecule has 4 nitrogen and oxygen atoms in total. The predicted molar refractivity (Wildman–Crippen MR) is 86.9 cm³/mol. The van der Waals surface area contributed by atoms with Gasteiger partial charge in [0.1, 0.15) is 0 Å². The van der Waals surface area contributed by atoms with Gasteiger partial charge in [0.15, 0.2) is 0 Å². The second-order valence-electron chi connectivity index (χ2n) is 6.67. The first-order valence-electron chi connectivity index (χ1n) is 7.61. The van der Waals surface area contributed by atoms with Crippen molar-refractivity contribution in [3.8, 4) is 0 Å². The molecule has 21 heavy (non-hydrogen) atoms. The molecule has 0 bridgehead atoms. The number of benzene rings is 1. The average molecular weight is 310 g/mol. The molecule has 2 rings (SSSR count). The van der Waals surface area contributed by atoms with Crippen molar-refractivity contribution in [3.05, 3.63) is 24.3 Å². The number of hydrogen-bond acceptors (Lipinski definition) is 3. The first-order valence-corrected chi connectivity index (χ1v) is 9.10. The van der Waals surface area contributed by atoms with Gasteiger partial charge in [-0.1, -0.05) is 13.8 Å². The molecule has 2 N–H and O–H groups in total. The summed E-state index contributed by atoms with van der Waals surface area (Å²) in [4.78, 5) is 0.312. The van der Waals surface area contributed by atoms with Gasteiger partial charge >= 0.3 is 0 Å². The molecule has 0 aliphatic heterocycles. The summed E-state index contributed by atoms with van der Waals surface area (Å²) in [5.41, 5.74) is 1.41. The third-order valence-electron chi connectivity index (χ3n) is 4.32. The highest BCUT2D eigenvalue weighted by Crippen LogP contribution is 2.51. The predicted octanol–water partition coefficient (Wildman–Crippen LogP) is 3.22. The zero-order valence-corrected chi connectivity index (χ0v) is 14.1. The van der Waals surface area contributed by atoms with Crippen LogP contribution in [0.3, 0.4) is 0 Å². The summed E-state index contributed by atoms with van der Waals surface area (Å²) >= 11 is 0. The fraction of sp³-hybridized carbons (Fsp3) is 0.625. The van der Waals surface area contributed by atoms with Gasteiger partial charge in [0, 0.05) is 18.3 Å². The molecule has 0 spiro atoms. The Morgan fingerprint density at radius 2 is 1.67 bits per heavy atom. The van der Waals surface area contributed by atoms with E-state index in [9.17, 15) is 8.42 Å². The topological polar surface area (TPSA) is 58.2 Å². The standard InChI is InChI=1S/C16H26N2O2S/c1-12(2)16(9-10-16)11-17-14-5-7-15(8-6-14)21(19,20)18-13(3)4/h5-8,12-13,17-18H,9-11H2,1-4H3. The molecule has 1 aliphatic rings. The van der Waals surface area contributed by atoms with Crippen molar-refractivity contribution in [1.29, 1.82) is 0 Å². The van der Waals surface area contributed by atoms with Gasteiger partial charge in [-0.15, -0.1) is 0 Å². The Bertz CT molecular complexity index is 573. The number of nitrogens with one attached hydrogen (secondary N) is 2. The number of rotatable bonds is 7. The van der Waals surface area contributed by atoms with Gasteiger partial charge in [-0.05, 0) is 62.3 Å².